The molecule has 62 valence electrons. The van der Waals surface area contributed by atoms with E-state index in [4.69, 9.17) is 5.73 Å². The molecular weight excluding hydrogens is 162 g/mol. The number of hydrogen-bond acceptors (Lipinski definition) is 3. The van der Waals surface area contributed by atoms with Crippen molar-refractivity contribution in [2.24, 2.45) is 0 Å². The van der Waals surface area contributed by atoms with Crippen molar-refractivity contribution in [2.45, 2.75) is 20.3 Å². The molecule has 0 aliphatic rings. The molecule has 0 aliphatic heterocycles. The summed E-state index contributed by atoms with van der Waals surface area (Å²) in [6.45, 7) is 4.03. The summed E-state index contributed by atoms with van der Waals surface area (Å²) >= 11 is 0. The van der Waals surface area contributed by atoms with Crippen LogP contribution in [-0.4, -0.2) is 9.97 Å². The van der Waals surface area contributed by atoms with Gasteiger partial charge in [-0.25, -0.2) is 9.97 Å². The van der Waals surface area contributed by atoms with Crippen LogP contribution in [0.2, 0.25) is 0 Å². The van der Waals surface area contributed by atoms with Gasteiger partial charge in [-0.15, -0.1) is 12.4 Å². The summed E-state index contributed by atoms with van der Waals surface area (Å²) in [4.78, 5) is 7.91. The van der Waals surface area contributed by atoms with Gasteiger partial charge in [-0.1, -0.05) is 6.92 Å². The molecule has 0 saturated heterocycles. The number of nitrogen functional groups attached to an aromatic ring is 1. The molecule has 0 unspecified atom stereocenters. The highest BCUT2D eigenvalue weighted by atomic mass is 35.5. The molecule has 0 spiro atoms. The van der Waals surface area contributed by atoms with E-state index in [0.717, 1.165) is 17.7 Å². The lowest BCUT2D eigenvalue weighted by molar-refractivity contribution is 0.980. The zero-order valence-electron chi connectivity index (χ0n) is 6.66. The van der Waals surface area contributed by atoms with Gasteiger partial charge in [0.05, 0.1) is 0 Å². The maximum absolute atomic E-state index is 5.38. The number of hydrogen-bond donors (Lipinski definition) is 1. The molecule has 11 heavy (non-hydrogen) atoms. The first-order valence-corrected chi connectivity index (χ1v) is 3.32. The number of aryl methyl sites for hydroxylation is 2. The summed E-state index contributed by atoms with van der Waals surface area (Å²) in [5.41, 5.74) is 7.52. The lowest BCUT2D eigenvalue weighted by atomic mass is 10.2. The Labute approximate surface area is 72.5 Å². The smallest absolute Gasteiger partial charge is 0.220 e. The second-order valence-corrected chi connectivity index (χ2v) is 2.21. The molecule has 2 N–H and O–H groups in total. The molecule has 0 bridgehead atoms. The molecule has 0 atom stereocenters. The number of aromatic nitrogens is 2. The van der Waals surface area contributed by atoms with Crippen molar-refractivity contribution in [3.05, 3.63) is 17.5 Å². The number of halogens is 1. The minimum atomic E-state index is 0. The highest BCUT2D eigenvalue weighted by Crippen LogP contribution is 2.04. The lowest BCUT2D eigenvalue weighted by Gasteiger charge is -1.99. The van der Waals surface area contributed by atoms with Crippen molar-refractivity contribution in [3.63, 3.8) is 0 Å². The Bertz CT molecular complexity index is 237. The number of nitrogens with zero attached hydrogens (tertiary/aromatic N) is 2. The zero-order valence-corrected chi connectivity index (χ0v) is 7.48. The summed E-state index contributed by atoms with van der Waals surface area (Å²) in [5, 5.41) is 0. The Kier molecular flexibility index (Phi) is 3.82. The van der Waals surface area contributed by atoms with E-state index >= 15 is 0 Å². The van der Waals surface area contributed by atoms with Gasteiger partial charge in [0.15, 0.2) is 0 Å². The van der Waals surface area contributed by atoms with Gasteiger partial charge < -0.3 is 5.73 Å². The molecule has 3 nitrogen and oxygen atoms in total. The zero-order chi connectivity index (χ0) is 7.56. The first-order valence-electron chi connectivity index (χ1n) is 3.32. The Morgan fingerprint density at radius 1 is 1.55 bits per heavy atom. The Morgan fingerprint density at radius 2 is 2.18 bits per heavy atom. The van der Waals surface area contributed by atoms with Crippen molar-refractivity contribution >= 4 is 18.4 Å². The van der Waals surface area contributed by atoms with Gasteiger partial charge in [0.1, 0.15) is 0 Å². The van der Waals surface area contributed by atoms with E-state index in [1.54, 1.807) is 6.20 Å². The summed E-state index contributed by atoms with van der Waals surface area (Å²) in [7, 11) is 0. The Morgan fingerprint density at radius 3 is 2.64 bits per heavy atom. The van der Waals surface area contributed by atoms with Crippen LogP contribution in [-0.2, 0) is 6.42 Å². The van der Waals surface area contributed by atoms with Crippen molar-refractivity contribution in [1.82, 2.24) is 9.97 Å². The second-order valence-electron chi connectivity index (χ2n) is 2.21. The molecule has 1 aromatic heterocycles. The molecule has 0 radical (unpaired) electrons. The molecular formula is C7H12ClN3. The number of nitrogens with two attached hydrogens (primary N) is 1. The van der Waals surface area contributed by atoms with E-state index in [0.29, 0.717) is 5.95 Å². The molecule has 4 heteroatoms. The maximum Gasteiger partial charge on any atom is 0.220 e. The average molecular weight is 174 g/mol. The first kappa shape index (κ1) is 10.2. The van der Waals surface area contributed by atoms with Crippen molar-refractivity contribution < 1.29 is 0 Å². The molecule has 1 heterocycles. The van der Waals surface area contributed by atoms with E-state index in [9.17, 15) is 0 Å². The van der Waals surface area contributed by atoms with Gasteiger partial charge in [0.25, 0.3) is 0 Å². The molecule has 0 fully saturated rings. The quantitative estimate of drug-likeness (QED) is 0.698. The Hall–Kier alpha value is -0.830. The fourth-order valence-corrected chi connectivity index (χ4v) is 0.851. The number of anilines is 1. The molecule has 1 aromatic rings. The van der Waals surface area contributed by atoms with E-state index in [2.05, 4.69) is 16.9 Å². The largest absolute Gasteiger partial charge is 0.368 e. The first-order chi connectivity index (χ1) is 4.74. The predicted molar refractivity (Wildman–Crippen MR) is 47.8 cm³/mol. The van der Waals surface area contributed by atoms with Crippen LogP contribution in [0.25, 0.3) is 0 Å². The highest BCUT2D eigenvalue weighted by Gasteiger charge is 1.96. The van der Waals surface area contributed by atoms with Crippen LogP contribution in [0.4, 0.5) is 5.95 Å². The van der Waals surface area contributed by atoms with E-state index in [1.165, 1.54) is 0 Å². The predicted octanol–water partition coefficient (Wildman–Crippen LogP) is 1.35. The molecule has 1 rings (SSSR count). The monoisotopic (exact) mass is 173 g/mol. The summed E-state index contributed by atoms with van der Waals surface area (Å²) < 4.78 is 0. The third-order valence-corrected chi connectivity index (χ3v) is 1.43. The third kappa shape index (κ3) is 2.35. The second kappa shape index (κ2) is 4.13. The highest BCUT2D eigenvalue weighted by molar-refractivity contribution is 5.85. The van der Waals surface area contributed by atoms with E-state index < -0.39 is 0 Å². The summed E-state index contributed by atoms with van der Waals surface area (Å²) in [6.07, 6.45) is 2.67. The van der Waals surface area contributed by atoms with Crippen LogP contribution in [0, 0.1) is 6.92 Å². The van der Waals surface area contributed by atoms with Crippen LogP contribution in [0.15, 0.2) is 6.20 Å². The minimum absolute atomic E-state index is 0. The van der Waals surface area contributed by atoms with Gasteiger partial charge in [-0.05, 0) is 18.9 Å². The third-order valence-electron chi connectivity index (χ3n) is 1.43. The van der Waals surface area contributed by atoms with Gasteiger partial charge >= 0.3 is 0 Å². The molecule has 0 aromatic carbocycles. The standard InChI is InChI=1S/C7H11N3.ClH/c1-3-6-5(2)4-9-7(8)10-6;/h4H,3H2,1-2H3,(H2,8,9,10);1H. The fourth-order valence-electron chi connectivity index (χ4n) is 0.851. The van der Waals surface area contributed by atoms with Crippen LogP contribution < -0.4 is 5.73 Å². The van der Waals surface area contributed by atoms with Crippen LogP contribution in [0.3, 0.4) is 0 Å². The van der Waals surface area contributed by atoms with Gasteiger partial charge in [-0.3, -0.25) is 0 Å². The fraction of sp³-hybridized carbons (Fsp3) is 0.429. The number of rotatable bonds is 1. The van der Waals surface area contributed by atoms with E-state index in [-0.39, 0.29) is 12.4 Å². The van der Waals surface area contributed by atoms with Crippen LogP contribution >= 0.6 is 12.4 Å². The topological polar surface area (TPSA) is 51.8 Å². The van der Waals surface area contributed by atoms with Crippen LogP contribution in [0.1, 0.15) is 18.2 Å². The van der Waals surface area contributed by atoms with Gasteiger partial charge in [-0.2, -0.15) is 0 Å². The lowest BCUT2D eigenvalue weighted by Crippen LogP contribution is -1.99. The van der Waals surface area contributed by atoms with Gasteiger partial charge in [0.2, 0.25) is 5.95 Å². The maximum atomic E-state index is 5.38. The molecule has 0 amide bonds. The summed E-state index contributed by atoms with van der Waals surface area (Å²) in [5.74, 6) is 0.363. The van der Waals surface area contributed by atoms with Crippen molar-refractivity contribution in [2.75, 3.05) is 5.73 Å². The van der Waals surface area contributed by atoms with E-state index in [1.807, 2.05) is 6.92 Å². The molecule has 0 saturated carbocycles. The minimum Gasteiger partial charge on any atom is -0.368 e. The van der Waals surface area contributed by atoms with Crippen molar-refractivity contribution in [3.8, 4) is 0 Å². The van der Waals surface area contributed by atoms with Gasteiger partial charge in [0, 0.05) is 11.9 Å². The summed E-state index contributed by atoms with van der Waals surface area (Å²) in [6, 6.07) is 0. The SMILES string of the molecule is CCc1nc(N)ncc1C.Cl. The Balaban J connectivity index is 0.000001000. The van der Waals surface area contributed by atoms with Crippen molar-refractivity contribution in [1.29, 1.82) is 0 Å². The van der Waals surface area contributed by atoms with Crippen LogP contribution in [0.5, 0.6) is 0 Å². The average Bonchev–Trinajstić information content (AvgIpc) is 1.94. The normalized spacial score (nSPS) is 8.91. The molecule has 0 aliphatic carbocycles.